The first-order valence-corrected chi connectivity index (χ1v) is 8.94. The van der Waals surface area contributed by atoms with Crippen molar-refractivity contribution in [1.29, 1.82) is 0 Å². The van der Waals surface area contributed by atoms with E-state index >= 15 is 0 Å². The smallest absolute Gasteiger partial charge is 0.248 e. The average molecular weight is 391 g/mol. The predicted octanol–water partition coefficient (Wildman–Crippen LogP) is 2.15. The fourth-order valence-electron chi connectivity index (χ4n) is 3.59. The maximum absolute atomic E-state index is 12.3. The van der Waals surface area contributed by atoms with Crippen molar-refractivity contribution in [2.75, 3.05) is 12.1 Å². The van der Waals surface area contributed by atoms with Gasteiger partial charge in [-0.3, -0.25) is 4.79 Å². The maximum Gasteiger partial charge on any atom is 0.248 e. The standard InChI is InChI=1S/C20H17N5O4/c1-10-16(18(21)27)17(12-4-7-14-15(8-12)29-9-28-14)25-20(22-10)23-19(24-25)11-2-5-13(26)6-3-11/h2-8,17,26H,9H2,1H3,(H2,21,27)(H,22,23,24). The van der Waals surface area contributed by atoms with Gasteiger partial charge in [-0.1, -0.05) is 6.07 Å². The molecule has 146 valence electrons. The number of rotatable bonds is 3. The molecule has 2 aromatic carbocycles. The number of aromatic hydroxyl groups is 1. The lowest BCUT2D eigenvalue weighted by atomic mass is 9.95. The van der Waals surface area contributed by atoms with Crippen LogP contribution in [-0.2, 0) is 4.79 Å². The van der Waals surface area contributed by atoms with E-state index in [4.69, 9.17) is 15.2 Å². The highest BCUT2D eigenvalue weighted by Gasteiger charge is 2.34. The zero-order valence-corrected chi connectivity index (χ0v) is 15.4. The van der Waals surface area contributed by atoms with Crippen molar-refractivity contribution in [3.8, 4) is 28.6 Å². The Morgan fingerprint density at radius 1 is 1.21 bits per heavy atom. The summed E-state index contributed by atoms with van der Waals surface area (Å²) in [7, 11) is 0. The molecule has 4 N–H and O–H groups in total. The van der Waals surface area contributed by atoms with E-state index in [1.807, 2.05) is 12.1 Å². The van der Waals surface area contributed by atoms with Gasteiger partial charge in [0.05, 0.1) is 5.57 Å². The second-order valence-electron chi connectivity index (χ2n) is 6.79. The molecule has 0 bridgehead atoms. The molecule has 2 aliphatic rings. The number of carbonyl (C=O) groups is 1. The molecule has 0 spiro atoms. The maximum atomic E-state index is 12.3. The number of primary amides is 1. The van der Waals surface area contributed by atoms with Gasteiger partial charge in [0.2, 0.25) is 18.6 Å². The summed E-state index contributed by atoms with van der Waals surface area (Å²) in [6, 6.07) is 11.5. The Morgan fingerprint density at radius 3 is 2.72 bits per heavy atom. The summed E-state index contributed by atoms with van der Waals surface area (Å²) in [5.74, 6) is 1.79. The molecule has 2 aliphatic heterocycles. The first-order chi connectivity index (χ1) is 14.0. The zero-order valence-electron chi connectivity index (χ0n) is 15.4. The first-order valence-electron chi connectivity index (χ1n) is 8.94. The SMILES string of the molecule is CC1=C(C(N)=O)C(c2ccc3c(c2)OCO3)n2nc(-c3ccc(O)cc3)nc2N1. The van der Waals surface area contributed by atoms with Crippen molar-refractivity contribution < 1.29 is 19.4 Å². The topological polar surface area (TPSA) is 125 Å². The van der Waals surface area contributed by atoms with Gasteiger partial charge in [-0.25, -0.2) is 4.68 Å². The summed E-state index contributed by atoms with van der Waals surface area (Å²) in [5, 5.41) is 17.2. The van der Waals surface area contributed by atoms with Gasteiger partial charge in [-0.05, 0) is 48.9 Å². The number of hydrogen-bond donors (Lipinski definition) is 3. The molecule has 0 fully saturated rings. The highest BCUT2D eigenvalue weighted by Crippen LogP contribution is 2.40. The lowest BCUT2D eigenvalue weighted by Crippen LogP contribution is -2.31. The fourth-order valence-corrected chi connectivity index (χ4v) is 3.59. The summed E-state index contributed by atoms with van der Waals surface area (Å²) in [5.41, 5.74) is 8.21. The Kier molecular flexibility index (Phi) is 3.70. The number of phenolic OH excluding ortho intramolecular Hbond substituents is 1. The Bertz CT molecular complexity index is 1170. The molecule has 9 nitrogen and oxygen atoms in total. The number of phenols is 1. The molecule has 9 heteroatoms. The van der Waals surface area contributed by atoms with E-state index in [-0.39, 0.29) is 12.5 Å². The van der Waals surface area contributed by atoms with Crippen molar-refractivity contribution >= 4 is 11.9 Å². The number of allylic oxidation sites excluding steroid dienone is 1. The zero-order chi connectivity index (χ0) is 20.1. The second kappa shape index (κ2) is 6.26. The molecule has 1 atom stereocenters. The van der Waals surface area contributed by atoms with Crippen molar-refractivity contribution in [2.24, 2.45) is 5.73 Å². The van der Waals surface area contributed by atoms with Crippen LogP contribution in [0.4, 0.5) is 5.95 Å². The molecule has 3 heterocycles. The monoisotopic (exact) mass is 391 g/mol. The van der Waals surface area contributed by atoms with Crippen LogP contribution in [-0.4, -0.2) is 32.6 Å². The van der Waals surface area contributed by atoms with Gasteiger partial charge in [0.1, 0.15) is 11.8 Å². The molecular formula is C20H17N5O4. The normalized spacial score (nSPS) is 17.1. The number of fused-ring (bicyclic) bond motifs is 2. The molecule has 1 unspecified atom stereocenters. The quantitative estimate of drug-likeness (QED) is 0.625. The summed E-state index contributed by atoms with van der Waals surface area (Å²) in [4.78, 5) is 16.8. The van der Waals surface area contributed by atoms with Crippen LogP contribution in [0, 0.1) is 0 Å². The average Bonchev–Trinajstić information content (AvgIpc) is 3.33. The van der Waals surface area contributed by atoms with Crippen LogP contribution in [0.5, 0.6) is 17.2 Å². The fraction of sp³-hybridized carbons (Fsp3) is 0.150. The number of benzene rings is 2. The van der Waals surface area contributed by atoms with Crippen molar-refractivity contribution in [1.82, 2.24) is 14.8 Å². The Morgan fingerprint density at radius 2 is 1.97 bits per heavy atom. The third kappa shape index (κ3) is 2.75. The number of nitrogens with zero attached hydrogens (tertiary/aromatic N) is 3. The highest BCUT2D eigenvalue weighted by molar-refractivity contribution is 5.95. The van der Waals surface area contributed by atoms with Gasteiger partial charge in [0.15, 0.2) is 17.3 Å². The predicted molar refractivity (Wildman–Crippen MR) is 103 cm³/mol. The molecule has 0 saturated carbocycles. The third-order valence-electron chi connectivity index (χ3n) is 4.96. The molecule has 0 radical (unpaired) electrons. The van der Waals surface area contributed by atoms with E-state index in [2.05, 4.69) is 15.4 Å². The summed E-state index contributed by atoms with van der Waals surface area (Å²) >= 11 is 0. The van der Waals surface area contributed by atoms with Crippen molar-refractivity contribution in [3.63, 3.8) is 0 Å². The first kappa shape index (κ1) is 17.1. The van der Waals surface area contributed by atoms with Gasteiger partial charge in [-0.2, -0.15) is 4.98 Å². The van der Waals surface area contributed by atoms with Crippen LogP contribution >= 0.6 is 0 Å². The van der Waals surface area contributed by atoms with E-state index in [1.54, 1.807) is 41.9 Å². The van der Waals surface area contributed by atoms with E-state index < -0.39 is 11.9 Å². The Labute approximate surface area is 165 Å². The van der Waals surface area contributed by atoms with E-state index in [0.717, 1.165) is 11.1 Å². The van der Waals surface area contributed by atoms with E-state index in [1.165, 1.54) is 0 Å². The number of ether oxygens (including phenoxy) is 2. The van der Waals surface area contributed by atoms with Gasteiger partial charge < -0.3 is 25.6 Å². The molecule has 5 rings (SSSR count). The van der Waals surface area contributed by atoms with Crippen LogP contribution in [0.25, 0.3) is 11.4 Å². The number of anilines is 1. The molecule has 0 saturated heterocycles. The number of aromatic nitrogens is 3. The number of carbonyl (C=O) groups excluding carboxylic acids is 1. The highest BCUT2D eigenvalue weighted by atomic mass is 16.7. The third-order valence-corrected chi connectivity index (χ3v) is 4.96. The number of nitrogens with one attached hydrogen (secondary N) is 1. The minimum atomic E-state index is -0.573. The van der Waals surface area contributed by atoms with Crippen LogP contribution in [0.2, 0.25) is 0 Å². The van der Waals surface area contributed by atoms with Crippen LogP contribution in [0.3, 0.4) is 0 Å². The largest absolute Gasteiger partial charge is 0.508 e. The molecule has 1 aromatic heterocycles. The minimum absolute atomic E-state index is 0.155. The van der Waals surface area contributed by atoms with Crippen molar-refractivity contribution in [3.05, 3.63) is 59.3 Å². The van der Waals surface area contributed by atoms with Crippen LogP contribution < -0.4 is 20.5 Å². The summed E-state index contributed by atoms with van der Waals surface area (Å²) in [6.07, 6.45) is 0. The summed E-state index contributed by atoms with van der Waals surface area (Å²) in [6.45, 7) is 1.93. The van der Waals surface area contributed by atoms with Gasteiger partial charge >= 0.3 is 0 Å². The van der Waals surface area contributed by atoms with Gasteiger partial charge in [0, 0.05) is 11.3 Å². The van der Waals surface area contributed by atoms with E-state index in [0.29, 0.717) is 34.5 Å². The minimum Gasteiger partial charge on any atom is -0.508 e. The lowest BCUT2D eigenvalue weighted by molar-refractivity contribution is -0.115. The lowest BCUT2D eigenvalue weighted by Gasteiger charge is -2.27. The Balaban J connectivity index is 1.66. The van der Waals surface area contributed by atoms with Gasteiger partial charge in [-0.15, -0.1) is 5.10 Å². The van der Waals surface area contributed by atoms with Crippen molar-refractivity contribution in [2.45, 2.75) is 13.0 Å². The molecule has 29 heavy (non-hydrogen) atoms. The Hall–Kier alpha value is -4.01. The molecule has 1 amide bonds. The summed E-state index contributed by atoms with van der Waals surface area (Å²) < 4.78 is 12.5. The van der Waals surface area contributed by atoms with Crippen LogP contribution in [0.1, 0.15) is 18.5 Å². The van der Waals surface area contributed by atoms with E-state index in [9.17, 15) is 9.90 Å². The number of nitrogens with two attached hydrogens (primary N) is 1. The molecule has 0 aliphatic carbocycles. The second-order valence-corrected chi connectivity index (χ2v) is 6.79. The number of hydrogen-bond acceptors (Lipinski definition) is 7. The molecule has 3 aromatic rings. The van der Waals surface area contributed by atoms with Crippen LogP contribution in [0.15, 0.2) is 53.7 Å². The van der Waals surface area contributed by atoms with Gasteiger partial charge in [0.25, 0.3) is 0 Å². The molecular weight excluding hydrogens is 374 g/mol. The number of amides is 1.